The van der Waals surface area contributed by atoms with E-state index in [0.29, 0.717) is 16.2 Å². The second kappa shape index (κ2) is 6.11. The van der Waals surface area contributed by atoms with Gasteiger partial charge in [-0.25, -0.2) is 0 Å². The van der Waals surface area contributed by atoms with Gasteiger partial charge in [-0.3, -0.25) is 4.79 Å². The molecule has 4 nitrogen and oxygen atoms in total. The number of benzene rings is 2. The molecule has 0 aliphatic heterocycles. The lowest BCUT2D eigenvalue weighted by molar-refractivity contribution is 0.0993. The Bertz CT molecular complexity index is 701. The summed E-state index contributed by atoms with van der Waals surface area (Å²) < 4.78 is 0. The van der Waals surface area contributed by atoms with Crippen molar-refractivity contribution < 1.29 is 9.90 Å². The molecule has 108 valence electrons. The van der Waals surface area contributed by atoms with Crippen LogP contribution >= 0.6 is 23.8 Å². The van der Waals surface area contributed by atoms with E-state index < -0.39 is 0 Å². The number of rotatable bonds is 3. The molecule has 0 aliphatic carbocycles. The van der Waals surface area contributed by atoms with Gasteiger partial charge in [-0.2, -0.15) is 0 Å². The molecule has 0 aromatic heterocycles. The lowest BCUT2D eigenvalue weighted by Crippen LogP contribution is -2.26. The zero-order valence-corrected chi connectivity index (χ0v) is 12.8. The minimum Gasteiger partial charge on any atom is -0.506 e. The first-order valence-corrected chi connectivity index (χ1v) is 6.85. The van der Waals surface area contributed by atoms with Gasteiger partial charge in [-0.05, 0) is 42.5 Å². The molecule has 2 aromatic carbocycles. The van der Waals surface area contributed by atoms with Crippen molar-refractivity contribution in [3.05, 3.63) is 58.6 Å². The lowest BCUT2D eigenvalue weighted by Gasteiger charge is -2.18. The maximum absolute atomic E-state index is 12.4. The molecule has 2 aromatic rings. The zero-order chi connectivity index (χ0) is 15.6. The van der Waals surface area contributed by atoms with Crippen LogP contribution in [0.3, 0.4) is 0 Å². The Morgan fingerprint density at radius 1 is 1.19 bits per heavy atom. The highest BCUT2D eigenvalue weighted by Gasteiger charge is 2.15. The van der Waals surface area contributed by atoms with Gasteiger partial charge in [0.1, 0.15) is 10.7 Å². The third kappa shape index (κ3) is 3.32. The van der Waals surface area contributed by atoms with Gasteiger partial charge < -0.3 is 15.7 Å². The molecule has 0 radical (unpaired) electrons. The van der Waals surface area contributed by atoms with Crippen LogP contribution < -0.4 is 10.6 Å². The number of carbonyl (C=O) groups is 1. The maximum Gasteiger partial charge on any atom is 0.258 e. The van der Waals surface area contributed by atoms with Gasteiger partial charge in [0.2, 0.25) is 0 Å². The number of thiocarbonyl (C=S) groups is 1. The van der Waals surface area contributed by atoms with Crippen LogP contribution in [0.4, 0.5) is 5.69 Å². The molecule has 0 saturated carbocycles. The number of carbonyl (C=O) groups excluding carboxylic acids is 1. The molecule has 0 aliphatic rings. The Labute approximate surface area is 132 Å². The van der Waals surface area contributed by atoms with Crippen molar-refractivity contribution in [3.8, 4) is 5.75 Å². The van der Waals surface area contributed by atoms with Gasteiger partial charge in [-0.1, -0.05) is 23.8 Å². The second-order valence-electron chi connectivity index (χ2n) is 4.44. The fraction of sp³-hybridized carbons (Fsp3) is 0.0667. The Morgan fingerprint density at radius 3 is 2.29 bits per heavy atom. The Balaban J connectivity index is 2.25. The SMILES string of the molecule is CN(C(=O)c1ccc(O)c(Cl)c1)c1ccc(C(N)=S)cc1. The molecule has 2 rings (SSSR count). The van der Waals surface area contributed by atoms with Gasteiger partial charge in [0.25, 0.3) is 5.91 Å². The number of nitrogens with two attached hydrogens (primary N) is 1. The molecule has 21 heavy (non-hydrogen) atoms. The normalized spacial score (nSPS) is 10.2. The third-order valence-corrected chi connectivity index (χ3v) is 3.58. The van der Waals surface area contributed by atoms with E-state index in [1.165, 1.54) is 23.1 Å². The van der Waals surface area contributed by atoms with Crippen LogP contribution in [0.5, 0.6) is 5.75 Å². The quantitative estimate of drug-likeness (QED) is 0.853. The van der Waals surface area contributed by atoms with Gasteiger partial charge in [-0.15, -0.1) is 0 Å². The summed E-state index contributed by atoms with van der Waals surface area (Å²) >= 11 is 10.7. The summed E-state index contributed by atoms with van der Waals surface area (Å²) in [4.78, 5) is 14.1. The molecule has 0 spiro atoms. The van der Waals surface area contributed by atoms with E-state index in [1.807, 2.05) is 0 Å². The summed E-state index contributed by atoms with van der Waals surface area (Å²) in [6, 6.07) is 11.4. The number of amides is 1. The molecule has 6 heteroatoms. The van der Waals surface area contributed by atoms with E-state index in [0.717, 1.165) is 5.56 Å². The largest absolute Gasteiger partial charge is 0.506 e. The van der Waals surface area contributed by atoms with E-state index in [1.54, 1.807) is 31.3 Å². The smallest absolute Gasteiger partial charge is 0.258 e. The van der Waals surface area contributed by atoms with Gasteiger partial charge in [0.05, 0.1) is 5.02 Å². The van der Waals surface area contributed by atoms with Gasteiger partial charge >= 0.3 is 0 Å². The van der Waals surface area contributed by atoms with Crippen LogP contribution in [0.2, 0.25) is 5.02 Å². The van der Waals surface area contributed by atoms with Crippen LogP contribution in [-0.2, 0) is 0 Å². The lowest BCUT2D eigenvalue weighted by atomic mass is 10.1. The summed E-state index contributed by atoms with van der Waals surface area (Å²) in [5, 5.41) is 9.52. The summed E-state index contributed by atoms with van der Waals surface area (Å²) in [5.74, 6) is -0.295. The van der Waals surface area contributed by atoms with E-state index >= 15 is 0 Å². The van der Waals surface area contributed by atoms with Crippen LogP contribution in [0, 0.1) is 0 Å². The second-order valence-corrected chi connectivity index (χ2v) is 5.29. The van der Waals surface area contributed by atoms with Crippen LogP contribution in [0.1, 0.15) is 15.9 Å². The molecule has 0 atom stereocenters. The molecule has 0 bridgehead atoms. The highest BCUT2D eigenvalue weighted by Crippen LogP contribution is 2.25. The zero-order valence-electron chi connectivity index (χ0n) is 11.2. The monoisotopic (exact) mass is 320 g/mol. The summed E-state index contributed by atoms with van der Waals surface area (Å²) in [6.07, 6.45) is 0. The minimum atomic E-state index is -0.236. The summed E-state index contributed by atoms with van der Waals surface area (Å²) in [7, 11) is 1.65. The first kappa shape index (κ1) is 15.3. The summed E-state index contributed by atoms with van der Waals surface area (Å²) in [6.45, 7) is 0. The fourth-order valence-electron chi connectivity index (χ4n) is 1.80. The number of aromatic hydroxyl groups is 1. The number of phenolic OH excluding ortho intramolecular Hbond substituents is 1. The number of hydrogen-bond acceptors (Lipinski definition) is 3. The van der Waals surface area contributed by atoms with E-state index in [-0.39, 0.29) is 16.7 Å². The predicted molar refractivity (Wildman–Crippen MR) is 88.2 cm³/mol. The molecule has 1 amide bonds. The van der Waals surface area contributed by atoms with Crippen molar-refractivity contribution in [3.63, 3.8) is 0 Å². The molecule has 0 unspecified atom stereocenters. The topological polar surface area (TPSA) is 66.6 Å². The number of phenols is 1. The molecule has 0 saturated heterocycles. The van der Waals surface area contributed by atoms with Gasteiger partial charge in [0.15, 0.2) is 0 Å². The molecular weight excluding hydrogens is 308 g/mol. The molecular formula is C15H13ClN2O2S. The first-order chi connectivity index (χ1) is 9.90. The predicted octanol–water partition coefficient (Wildman–Crippen LogP) is 2.96. The van der Waals surface area contributed by atoms with Crippen molar-refractivity contribution >= 4 is 40.4 Å². The highest BCUT2D eigenvalue weighted by molar-refractivity contribution is 7.80. The Hall–Kier alpha value is -2.11. The average Bonchev–Trinajstić information content (AvgIpc) is 2.48. The van der Waals surface area contributed by atoms with E-state index in [9.17, 15) is 9.90 Å². The third-order valence-electron chi connectivity index (χ3n) is 3.04. The molecule has 0 fully saturated rings. The van der Waals surface area contributed by atoms with Crippen LogP contribution in [0.15, 0.2) is 42.5 Å². The standard InChI is InChI=1S/C15H13ClN2O2S/c1-18(11-5-2-9(3-6-11)14(17)21)15(20)10-4-7-13(19)12(16)8-10/h2-8,19H,1H3,(H2,17,21). The van der Waals surface area contributed by atoms with Crippen molar-refractivity contribution in [2.24, 2.45) is 5.73 Å². The summed E-state index contributed by atoms with van der Waals surface area (Å²) in [5.41, 5.74) is 7.36. The van der Waals surface area contributed by atoms with Crippen molar-refractivity contribution in [2.45, 2.75) is 0 Å². The first-order valence-electron chi connectivity index (χ1n) is 6.06. The fourth-order valence-corrected chi connectivity index (χ4v) is 2.12. The number of nitrogens with zero attached hydrogens (tertiary/aromatic N) is 1. The Morgan fingerprint density at radius 2 is 1.76 bits per heavy atom. The molecule has 0 heterocycles. The van der Waals surface area contributed by atoms with Crippen LogP contribution in [-0.4, -0.2) is 23.0 Å². The maximum atomic E-state index is 12.4. The number of hydrogen-bond donors (Lipinski definition) is 2. The van der Waals surface area contributed by atoms with Gasteiger partial charge in [0, 0.05) is 23.9 Å². The number of anilines is 1. The molecule has 3 N–H and O–H groups in total. The van der Waals surface area contributed by atoms with Crippen molar-refractivity contribution in [1.29, 1.82) is 0 Å². The Kier molecular flexibility index (Phi) is 4.45. The van der Waals surface area contributed by atoms with Crippen molar-refractivity contribution in [2.75, 3.05) is 11.9 Å². The van der Waals surface area contributed by atoms with Crippen molar-refractivity contribution in [1.82, 2.24) is 0 Å². The van der Waals surface area contributed by atoms with Crippen LogP contribution in [0.25, 0.3) is 0 Å². The average molecular weight is 321 g/mol. The van der Waals surface area contributed by atoms with E-state index in [2.05, 4.69) is 0 Å². The minimum absolute atomic E-state index is 0.0586. The highest BCUT2D eigenvalue weighted by atomic mass is 35.5. The number of halogens is 1. The van der Waals surface area contributed by atoms with E-state index in [4.69, 9.17) is 29.6 Å².